The molecule has 1 heterocycles. The van der Waals surface area contributed by atoms with Crippen LogP contribution >= 0.6 is 11.3 Å². The van der Waals surface area contributed by atoms with E-state index in [1.807, 2.05) is 0 Å². The van der Waals surface area contributed by atoms with Gasteiger partial charge in [-0.3, -0.25) is 4.79 Å². The van der Waals surface area contributed by atoms with E-state index < -0.39 is 0 Å². The van der Waals surface area contributed by atoms with Gasteiger partial charge in [-0.05, 0) is 25.5 Å². The van der Waals surface area contributed by atoms with Gasteiger partial charge in [-0.25, -0.2) is 4.79 Å². The standard InChI is InChI=1S/C9H10O3S/c1-3-12-9(11)7-4-6(2)8(5-10)13-7/h4-5H,3H2,1-2H3. The van der Waals surface area contributed by atoms with Crippen LogP contribution in [-0.2, 0) is 4.74 Å². The van der Waals surface area contributed by atoms with Gasteiger partial charge < -0.3 is 4.74 Å². The number of ether oxygens (including phenoxy) is 1. The van der Waals surface area contributed by atoms with Crippen molar-refractivity contribution < 1.29 is 14.3 Å². The number of aryl methyl sites for hydroxylation is 1. The van der Waals surface area contributed by atoms with E-state index >= 15 is 0 Å². The van der Waals surface area contributed by atoms with Crippen molar-refractivity contribution in [2.75, 3.05) is 6.61 Å². The topological polar surface area (TPSA) is 43.4 Å². The van der Waals surface area contributed by atoms with Gasteiger partial charge in [0.05, 0.1) is 11.5 Å². The molecule has 4 heteroatoms. The summed E-state index contributed by atoms with van der Waals surface area (Å²) in [5.74, 6) is -0.358. The number of hydrogen-bond donors (Lipinski definition) is 0. The third-order valence-corrected chi connectivity index (χ3v) is 2.68. The highest BCUT2D eigenvalue weighted by Crippen LogP contribution is 2.20. The SMILES string of the molecule is CCOC(=O)c1cc(C)c(C=O)s1. The maximum atomic E-state index is 11.2. The van der Waals surface area contributed by atoms with Gasteiger partial charge in [-0.1, -0.05) is 0 Å². The first-order valence-corrected chi connectivity index (χ1v) is 4.73. The molecule has 0 radical (unpaired) electrons. The summed E-state index contributed by atoms with van der Waals surface area (Å²) in [5.41, 5.74) is 0.822. The quantitative estimate of drug-likeness (QED) is 0.551. The summed E-state index contributed by atoms with van der Waals surface area (Å²) in [6.07, 6.45) is 0.753. The van der Waals surface area contributed by atoms with Gasteiger partial charge in [-0.15, -0.1) is 11.3 Å². The predicted molar refractivity (Wildman–Crippen MR) is 50.4 cm³/mol. The van der Waals surface area contributed by atoms with Crippen LogP contribution in [0.5, 0.6) is 0 Å². The van der Waals surface area contributed by atoms with Gasteiger partial charge in [-0.2, -0.15) is 0 Å². The molecule has 0 amide bonds. The summed E-state index contributed by atoms with van der Waals surface area (Å²) in [7, 11) is 0. The minimum atomic E-state index is -0.358. The average Bonchev–Trinajstić information content (AvgIpc) is 2.47. The average molecular weight is 198 g/mol. The van der Waals surface area contributed by atoms with Crippen LogP contribution in [-0.4, -0.2) is 18.9 Å². The van der Waals surface area contributed by atoms with Gasteiger partial charge in [0.2, 0.25) is 0 Å². The molecule has 0 aliphatic heterocycles. The Labute approximate surface area is 80.3 Å². The summed E-state index contributed by atoms with van der Waals surface area (Å²) < 4.78 is 4.80. The third kappa shape index (κ3) is 2.15. The van der Waals surface area contributed by atoms with E-state index in [-0.39, 0.29) is 5.97 Å². The van der Waals surface area contributed by atoms with Crippen LogP contribution in [0.4, 0.5) is 0 Å². The van der Waals surface area contributed by atoms with Crippen LogP contribution in [0.15, 0.2) is 6.07 Å². The van der Waals surface area contributed by atoms with E-state index in [9.17, 15) is 9.59 Å². The molecule has 1 aromatic heterocycles. The summed E-state index contributed by atoms with van der Waals surface area (Å²) >= 11 is 1.16. The lowest BCUT2D eigenvalue weighted by molar-refractivity contribution is 0.0532. The second-order valence-electron chi connectivity index (χ2n) is 2.50. The molecule has 0 fully saturated rings. The van der Waals surface area contributed by atoms with Gasteiger partial charge in [0.1, 0.15) is 4.88 Å². The molecule has 0 N–H and O–H groups in total. The van der Waals surface area contributed by atoms with Crippen molar-refractivity contribution in [2.45, 2.75) is 13.8 Å². The van der Waals surface area contributed by atoms with E-state index in [4.69, 9.17) is 4.74 Å². The summed E-state index contributed by atoms with van der Waals surface area (Å²) in [5, 5.41) is 0. The molecule has 0 spiro atoms. The van der Waals surface area contributed by atoms with Crippen LogP contribution in [0.3, 0.4) is 0 Å². The third-order valence-electron chi connectivity index (χ3n) is 1.54. The van der Waals surface area contributed by atoms with Crippen LogP contribution < -0.4 is 0 Å². The van der Waals surface area contributed by atoms with Crippen LogP contribution in [0.25, 0.3) is 0 Å². The number of carbonyl (C=O) groups is 2. The zero-order chi connectivity index (χ0) is 9.84. The number of carbonyl (C=O) groups excluding carboxylic acids is 2. The van der Waals surface area contributed by atoms with Crippen LogP contribution in [0.2, 0.25) is 0 Å². The molecule has 1 rings (SSSR count). The molecule has 3 nitrogen and oxygen atoms in total. The summed E-state index contributed by atoms with van der Waals surface area (Å²) in [4.78, 5) is 22.8. The molecule has 1 aromatic rings. The fourth-order valence-corrected chi connectivity index (χ4v) is 1.80. The second-order valence-corrected chi connectivity index (χ2v) is 3.58. The molecule has 0 atom stereocenters. The Morgan fingerprint density at radius 1 is 1.69 bits per heavy atom. The zero-order valence-electron chi connectivity index (χ0n) is 7.49. The van der Waals surface area contributed by atoms with Crippen molar-refractivity contribution in [3.05, 3.63) is 21.4 Å². The van der Waals surface area contributed by atoms with Crippen molar-refractivity contribution in [3.8, 4) is 0 Å². The van der Waals surface area contributed by atoms with Gasteiger partial charge in [0.25, 0.3) is 0 Å². The number of esters is 1. The lowest BCUT2D eigenvalue weighted by Gasteiger charge is -1.95. The largest absolute Gasteiger partial charge is 0.462 e. The fourth-order valence-electron chi connectivity index (χ4n) is 0.916. The minimum absolute atomic E-state index is 0.353. The Bertz CT molecular complexity index is 328. The van der Waals surface area contributed by atoms with E-state index in [1.54, 1.807) is 19.9 Å². The van der Waals surface area contributed by atoms with Crippen molar-refractivity contribution >= 4 is 23.6 Å². The highest BCUT2D eigenvalue weighted by molar-refractivity contribution is 7.15. The Morgan fingerprint density at radius 2 is 2.38 bits per heavy atom. The number of rotatable bonds is 3. The molecular formula is C9H10O3S. The van der Waals surface area contributed by atoms with E-state index in [0.29, 0.717) is 16.4 Å². The molecule has 13 heavy (non-hydrogen) atoms. The number of aldehydes is 1. The number of thiophene rings is 1. The molecule has 0 saturated heterocycles. The molecule has 0 aliphatic carbocycles. The van der Waals surface area contributed by atoms with Gasteiger partial charge in [0.15, 0.2) is 6.29 Å². The van der Waals surface area contributed by atoms with E-state index in [1.165, 1.54) is 0 Å². The molecule has 0 aromatic carbocycles. The smallest absolute Gasteiger partial charge is 0.348 e. The minimum Gasteiger partial charge on any atom is -0.462 e. The van der Waals surface area contributed by atoms with Crippen molar-refractivity contribution in [1.82, 2.24) is 0 Å². The van der Waals surface area contributed by atoms with Crippen molar-refractivity contribution in [3.63, 3.8) is 0 Å². The zero-order valence-corrected chi connectivity index (χ0v) is 8.31. The van der Waals surface area contributed by atoms with Crippen molar-refractivity contribution in [1.29, 1.82) is 0 Å². The Hall–Kier alpha value is -1.16. The van der Waals surface area contributed by atoms with Crippen molar-refractivity contribution in [2.24, 2.45) is 0 Å². The van der Waals surface area contributed by atoms with E-state index in [2.05, 4.69) is 0 Å². The molecule has 0 saturated carbocycles. The highest BCUT2D eigenvalue weighted by atomic mass is 32.1. The predicted octanol–water partition coefficient (Wildman–Crippen LogP) is 2.05. The second kappa shape index (κ2) is 4.18. The monoisotopic (exact) mass is 198 g/mol. The molecule has 0 bridgehead atoms. The number of hydrogen-bond acceptors (Lipinski definition) is 4. The Kier molecular flexibility index (Phi) is 3.19. The van der Waals surface area contributed by atoms with E-state index in [0.717, 1.165) is 23.2 Å². The molecule has 0 aliphatic rings. The van der Waals surface area contributed by atoms with Gasteiger partial charge in [0, 0.05) is 0 Å². The maximum Gasteiger partial charge on any atom is 0.348 e. The first-order valence-electron chi connectivity index (χ1n) is 3.91. The first-order chi connectivity index (χ1) is 6.19. The van der Waals surface area contributed by atoms with Crippen LogP contribution in [0, 0.1) is 6.92 Å². The maximum absolute atomic E-state index is 11.2. The molecule has 70 valence electrons. The normalized spacial score (nSPS) is 9.69. The molecule has 0 unspecified atom stereocenters. The molecular weight excluding hydrogens is 188 g/mol. The first kappa shape index (κ1) is 9.92. The fraction of sp³-hybridized carbons (Fsp3) is 0.333. The Morgan fingerprint density at radius 3 is 2.85 bits per heavy atom. The van der Waals surface area contributed by atoms with Crippen LogP contribution in [0.1, 0.15) is 31.8 Å². The lowest BCUT2D eigenvalue weighted by Crippen LogP contribution is -2.01. The summed E-state index contributed by atoms with van der Waals surface area (Å²) in [6.45, 7) is 3.90. The summed E-state index contributed by atoms with van der Waals surface area (Å²) in [6, 6.07) is 1.67. The lowest BCUT2D eigenvalue weighted by atomic mass is 10.3. The highest BCUT2D eigenvalue weighted by Gasteiger charge is 2.12. The van der Waals surface area contributed by atoms with Gasteiger partial charge >= 0.3 is 5.97 Å². The Balaban J connectivity index is 2.90.